The summed E-state index contributed by atoms with van der Waals surface area (Å²) in [7, 11) is 0. The lowest BCUT2D eigenvalue weighted by molar-refractivity contribution is 0.232. The molecule has 0 unspecified atom stereocenters. The summed E-state index contributed by atoms with van der Waals surface area (Å²) < 4.78 is 0. The van der Waals surface area contributed by atoms with Crippen LogP contribution in [-0.2, 0) is 26.1 Å². The van der Waals surface area contributed by atoms with Gasteiger partial charge in [0.05, 0.1) is 29.4 Å². The number of nitrogens with zero attached hydrogens (tertiary/aromatic N) is 7. The standard InChI is InChI=1S/C27H24N8S/c1-4-21(16-35(17-25-29-9-2-10-30-25)18-26-31-11-3-12-32-26)34-23(5-1)27-33-15-24(36-27)20-6-7-22-19(14-20)8-13-28-22/h1-7,9-12,14-15,28H,8,13,16-18H2. The van der Waals surface area contributed by atoms with E-state index in [-0.39, 0.29) is 0 Å². The van der Waals surface area contributed by atoms with E-state index in [0.29, 0.717) is 19.6 Å². The molecule has 0 bridgehead atoms. The maximum atomic E-state index is 4.95. The summed E-state index contributed by atoms with van der Waals surface area (Å²) in [5.74, 6) is 1.50. The van der Waals surface area contributed by atoms with Crippen LogP contribution < -0.4 is 5.32 Å². The lowest BCUT2D eigenvalue weighted by Crippen LogP contribution is -2.25. The van der Waals surface area contributed by atoms with Gasteiger partial charge in [-0.25, -0.2) is 29.9 Å². The zero-order chi connectivity index (χ0) is 24.2. The minimum atomic E-state index is 0.569. The minimum absolute atomic E-state index is 0.569. The molecule has 6 rings (SSSR count). The van der Waals surface area contributed by atoms with Crippen LogP contribution in [0.15, 0.2) is 79.5 Å². The molecule has 1 aliphatic heterocycles. The fourth-order valence-electron chi connectivity index (χ4n) is 4.29. The van der Waals surface area contributed by atoms with Gasteiger partial charge in [0.1, 0.15) is 16.7 Å². The number of hydrogen-bond acceptors (Lipinski definition) is 9. The van der Waals surface area contributed by atoms with Crippen molar-refractivity contribution in [2.24, 2.45) is 0 Å². The number of thiazole rings is 1. The maximum Gasteiger partial charge on any atom is 0.142 e. The molecule has 36 heavy (non-hydrogen) atoms. The molecule has 5 aromatic rings. The summed E-state index contributed by atoms with van der Waals surface area (Å²) >= 11 is 1.67. The Morgan fingerprint density at radius 2 is 1.56 bits per heavy atom. The second-order valence-corrected chi connectivity index (χ2v) is 9.60. The van der Waals surface area contributed by atoms with E-state index in [2.05, 4.69) is 48.4 Å². The van der Waals surface area contributed by atoms with Gasteiger partial charge in [-0.05, 0) is 53.9 Å². The third-order valence-electron chi connectivity index (χ3n) is 5.99. The Balaban J connectivity index is 1.23. The average molecular weight is 493 g/mol. The average Bonchev–Trinajstić information content (AvgIpc) is 3.60. The van der Waals surface area contributed by atoms with Crippen molar-refractivity contribution >= 4 is 17.0 Å². The highest BCUT2D eigenvalue weighted by atomic mass is 32.1. The first-order valence-electron chi connectivity index (χ1n) is 11.8. The Kier molecular flexibility index (Phi) is 6.39. The molecule has 9 heteroatoms. The van der Waals surface area contributed by atoms with Crippen LogP contribution in [0.4, 0.5) is 5.69 Å². The zero-order valence-electron chi connectivity index (χ0n) is 19.6. The van der Waals surface area contributed by atoms with Gasteiger partial charge in [0.15, 0.2) is 0 Å². The summed E-state index contributed by atoms with van der Waals surface area (Å²) in [5.41, 5.74) is 5.63. The molecule has 0 radical (unpaired) electrons. The van der Waals surface area contributed by atoms with Crippen LogP contribution in [0.5, 0.6) is 0 Å². The fraction of sp³-hybridized carbons (Fsp3) is 0.185. The van der Waals surface area contributed by atoms with E-state index in [1.807, 2.05) is 36.5 Å². The van der Waals surface area contributed by atoms with Gasteiger partial charge in [-0.3, -0.25) is 4.90 Å². The lowest BCUT2D eigenvalue weighted by Gasteiger charge is -2.20. The van der Waals surface area contributed by atoms with Crippen molar-refractivity contribution in [2.45, 2.75) is 26.1 Å². The van der Waals surface area contributed by atoms with Crippen molar-refractivity contribution in [1.29, 1.82) is 0 Å². The van der Waals surface area contributed by atoms with E-state index in [4.69, 9.17) is 9.97 Å². The lowest BCUT2D eigenvalue weighted by atomic mass is 10.1. The smallest absolute Gasteiger partial charge is 0.142 e. The number of fused-ring (bicyclic) bond motifs is 1. The highest BCUT2D eigenvalue weighted by Crippen LogP contribution is 2.34. The maximum absolute atomic E-state index is 4.95. The second-order valence-electron chi connectivity index (χ2n) is 8.57. The number of pyridine rings is 1. The van der Waals surface area contributed by atoms with Gasteiger partial charge < -0.3 is 5.32 Å². The van der Waals surface area contributed by atoms with Gasteiger partial charge in [0.2, 0.25) is 0 Å². The molecule has 0 fully saturated rings. The molecule has 0 spiro atoms. The van der Waals surface area contributed by atoms with Gasteiger partial charge in [0.25, 0.3) is 0 Å². The topological polar surface area (TPSA) is 92.6 Å². The fourth-order valence-corrected chi connectivity index (χ4v) is 5.17. The SMILES string of the molecule is c1cnc(CN(Cc2cccc(-c3ncc(-c4ccc5c(c4)CCN5)s3)n2)Cc2ncccn2)nc1. The van der Waals surface area contributed by atoms with Crippen LogP contribution >= 0.6 is 11.3 Å². The second kappa shape index (κ2) is 10.3. The first-order valence-corrected chi connectivity index (χ1v) is 12.7. The molecule has 0 atom stereocenters. The van der Waals surface area contributed by atoms with Gasteiger partial charge in [-0.1, -0.05) is 12.1 Å². The van der Waals surface area contributed by atoms with Crippen molar-refractivity contribution in [1.82, 2.24) is 34.8 Å². The number of nitrogens with one attached hydrogen (secondary N) is 1. The molecule has 1 N–H and O–H groups in total. The summed E-state index contributed by atoms with van der Waals surface area (Å²) in [5, 5.41) is 4.33. The zero-order valence-corrected chi connectivity index (χ0v) is 20.4. The number of benzene rings is 1. The van der Waals surface area contributed by atoms with Gasteiger partial charge in [-0.2, -0.15) is 0 Å². The molecule has 0 saturated carbocycles. The Bertz CT molecular complexity index is 1410. The molecular formula is C27H24N8S. The van der Waals surface area contributed by atoms with E-state index in [0.717, 1.165) is 45.9 Å². The van der Waals surface area contributed by atoms with Crippen LogP contribution in [-0.4, -0.2) is 41.3 Å². The van der Waals surface area contributed by atoms with Crippen LogP contribution in [0.2, 0.25) is 0 Å². The van der Waals surface area contributed by atoms with Gasteiger partial charge in [-0.15, -0.1) is 11.3 Å². The number of hydrogen-bond donors (Lipinski definition) is 1. The van der Waals surface area contributed by atoms with Crippen molar-refractivity contribution in [2.75, 3.05) is 11.9 Å². The van der Waals surface area contributed by atoms with Crippen molar-refractivity contribution in [3.05, 3.63) is 102 Å². The Labute approximate surface area is 213 Å². The summed E-state index contributed by atoms with van der Waals surface area (Å²) in [6, 6.07) is 16.3. The highest BCUT2D eigenvalue weighted by Gasteiger charge is 2.15. The first kappa shape index (κ1) is 22.4. The van der Waals surface area contributed by atoms with Gasteiger partial charge >= 0.3 is 0 Å². The van der Waals surface area contributed by atoms with E-state index in [1.54, 1.807) is 36.1 Å². The molecule has 5 heterocycles. The Morgan fingerprint density at radius 1 is 0.806 bits per heavy atom. The van der Waals surface area contributed by atoms with Crippen LogP contribution in [0.25, 0.3) is 21.1 Å². The molecule has 0 saturated heterocycles. The molecule has 0 aliphatic carbocycles. The van der Waals surface area contributed by atoms with Crippen LogP contribution in [0, 0.1) is 0 Å². The molecular weight excluding hydrogens is 468 g/mol. The van der Waals surface area contributed by atoms with Crippen molar-refractivity contribution < 1.29 is 0 Å². The van der Waals surface area contributed by atoms with Gasteiger partial charge in [0, 0.05) is 49.8 Å². The molecule has 0 amide bonds. The molecule has 178 valence electrons. The predicted octanol–water partition coefficient (Wildman–Crippen LogP) is 4.62. The van der Waals surface area contributed by atoms with Crippen molar-refractivity contribution in [3.63, 3.8) is 0 Å². The predicted molar refractivity (Wildman–Crippen MR) is 140 cm³/mol. The van der Waals surface area contributed by atoms with Crippen LogP contribution in [0.3, 0.4) is 0 Å². The Hall–Kier alpha value is -4.08. The van der Waals surface area contributed by atoms with Crippen LogP contribution in [0.1, 0.15) is 22.9 Å². The van der Waals surface area contributed by atoms with E-state index in [9.17, 15) is 0 Å². The number of aromatic nitrogens is 6. The Morgan fingerprint density at radius 3 is 2.31 bits per heavy atom. The minimum Gasteiger partial charge on any atom is -0.384 e. The third-order valence-corrected chi connectivity index (χ3v) is 7.05. The molecule has 1 aliphatic rings. The molecule has 1 aromatic carbocycles. The van der Waals surface area contributed by atoms with Crippen molar-refractivity contribution in [3.8, 4) is 21.1 Å². The quantitative estimate of drug-likeness (QED) is 0.335. The van der Waals surface area contributed by atoms with E-state index < -0.39 is 0 Å². The van der Waals surface area contributed by atoms with E-state index in [1.165, 1.54) is 16.8 Å². The number of anilines is 1. The monoisotopic (exact) mass is 492 g/mol. The first-order chi connectivity index (χ1) is 17.8. The summed E-state index contributed by atoms with van der Waals surface area (Å²) in [4.78, 5) is 30.6. The summed E-state index contributed by atoms with van der Waals surface area (Å²) in [6.45, 7) is 2.76. The largest absolute Gasteiger partial charge is 0.384 e. The summed E-state index contributed by atoms with van der Waals surface area (Å²) in [6.07, 6.45) is 10.1. The van der Waals surface area contributed by atoms with E-state index >= 15 is 0 Å². The third kappa shape index (κ3) is 5.12. The normalized spacial score (nSPS) is 12.5. The number of rotatable bonds is 8. The highest BCUT2D eigenvalue weighted by molar-refractivity contribution is 7.18. The molecule has 4 aromatic heterocycles. The molecule has 8 nitrogen and oxygen atoms in total.